The number of amides is 1. The van der Waals surface area contributed by atoms with Gasteiger partial charge in [0.1, 0.15) is 5.75 Å². The highest BCUT2D eigenvalue weighted by Gasteiger charge is 2.18. The highest BCUT2D eigenvalue weighted by Crippen LogP contribution is 2.23. The van der Waals surface area contributed by atoms with Crippen LogP contribution in [-0.4, -0.2) is 17.9 Å². The summed E-state index contributed by atoms with van der Waals surface area (Å²) in [5.41, 5.74) is 5.24. The summed E-state index contributed by atoms with van der Waals surface area (Å²) in [6, 6.07) is 28.4. The van der Waals surface area contributed by atoms with Gasteiger partial charge in [-0.3, -0.25) is 4.79 Å². The number of methoxy groups -OCH3 is 1. The molecule has 4 aromatic carbocycles. The molecule has 4 aromatic rings. The Labute approximate surface area is 183 Å². The van der Waals surface area contributed by atoms with Gasteiger partial charge in [-0.2, -0.15) is 0 Å². The second kappa shape index (κ2) is 9.05. The number of rotatable bonds is 6. The summed E-state index contributed by atoms with van der Waals surface area (Å²) in [6.45, 7) is 5.18. The third-order valence-corrected chi connectivity index (χ3v) is 5.81. The summed E-state index contributed by atoms with van der Waals surface area (Å²) in [4.78, 5) is 15.5. The van der Waals surface area contributed by atoms with Crippen molar-refractivity contribution in [1.29, 1.82) is 0 Å². The maximum Gasteiger partial charge on any atom is 0.254 e. The molecule has 4 rings (SSSR count). The van der Waals surface area contributed by atoms with Crippen LogP contribution in [0.25, 0.3) is 10.8 Å². The quantitative estimate of drug-likeness (QED) is 0.374. The molecule has 0 spiro atoms. The van der Waals surface area contributed by atoms with Crippen LogP contribution < -0.4 is 4.74 Å². The van der Waals surface area contributed by atoms with Crippen molar-refractivity contribution in [3.63, 3.8) is 0 Å². The number of hydrogen-bond donors (Lipinski definition) is 0. The molecule has 0 saturated heterocycles. The molecule has 0 unspecified atom stereocenters. The van der Waals surface area contributed by atoms with Crippen molar-refractivity contribution in [3.8, 4) is 5.75 Å². The number of ether oxygens (including phenoxy) is 1. The van der Waals surface area contributed by atoms with E-state index in [0.29, 0.717) is 13.1 Å². The van der Waals surface area contributed by atoms with Gasteiger partial charge in [-0.25, -0.2) is 0 Å². The monoisotopic (exact) mass is 409 g/mol. The molecule has 156 valence electrons. The Bertz CT molecular complexity index is 1210. The molecular weight excluding hydrogens is 382 g/mol. The molecule has 0 atom stereocenters. The predicted molar refractivity (Wildman–Crippen MR) is 126 cm³/mol. The summed E-state index contributed by atoms with van der Waals surface area (Å²) in [5.74, 6) is 0.844. The number of fused-ring (bicyclic) bond motifs is 1. The van der Waals surface area contributed by atoms with E-state index in [1.165, 1.54) is 16.3 Å². The maximum absolute atomic E-state index is 13.6. The molecule has 0 radical (unpaired) electrons. The second-order valence-electron chi connectivity index (χ2n) is 7.95. The first-order valence-corrected chi connectivity index (χ1v) is 10.5. The predicted octanol–water partition coefficient (Wildman–Crippen LogP) is 6.31. The van der Waals surface area contributed by atoms with Crippen LogP contribution in [0.3, 0.4) is 0 Å². The molecule has 0 N–H and O–H groups in total. The van der Waals surface area contributed by atoms with E-state index in [2.05, 4.69) is 37.3 Å². The summed E-state index contributed by atoms with van der Waals surface area (Å²) < 4.78 is 5.28. The van der Waals surface area contributed by atoms with Crippen LogP contribution in [0.4, 0.5) is 0 Å². The average Bonchev–Trinajstić information content (AvgIpc) is 2.80. The molecule has 31 heavy (non-hydrogen) atoms. The molecule has 3 heteroatoms. The number of aryl methyl sites for hydroxylation is 2. The minimum Gasteiger partial charge on any atom is -0.497 e. The average molecular weight is 410 g/mol. The smallest absolute Gasteiger partial charge is 0.254 e. The summed E-state index contributed by atoms with van der Waals surface area (Å²) >= 11 is 0. The van der Waals surface area contributed by atoms with E-state index >= 15 is 0 Å². The van der Waals surface area contributed by atoms with Crippen molar-refractivity contribution in [1.82, 2.24) is 4.90 Å². The zero-order valence-corrected chi connectivity index (χ0v) is 18.3. The largest absolute Gasteiger partial charge is 0.497 e. The second-order valence-corrected chi connectivity index (χ2v) is 7.95. The van der Waals surface area contributed by atoms with E-state index < -0.39 is 0 Å². The summed E-state index contributed by atoms with van der Waals surface area (Å²) in [5, 5.41) is 2.36. The Morgan fingerprint density at radius 3 is 2.29 bits per heavy atom. The van der Waals surface area contributed by atoms with E-state index in [-0.39, 0.29) is 5.91 Å². The standard InChI is InChI=1S/C28H27NO2/c1-20-11-14-24(17-21(20)2)28(30)29(18-22-12-15-26(31-3)16-13-22)19-25-9-6-8-23-7-4-5-10-27(23)25/h4-17H,18-19H2,1-3H3. The zero-order valence-electron chi connectivity index (χ0n) is 18.3. The number of nitrogens with zero attached hydrogens (tertiary/aromatic N) is 1. The van der Waals surface area contributed by atoms with E-state index in [0.717, 1.165) is 28.0 Å². The van der Waals surface area contributed by atoms with Crippen LogP contribution in [0.15, 0.2) is 84.9 Å². The van der Waals surface area contributed by atoms with Crippen LogP contribution in [0.1, 0.15) is 32.6 Å². The van der Waals surface area contributed by atoms with Crippen LogP contribution in [0.2, 0.25) is 0 Å². The molecule has 3 nitrogen and oxygen atoms in total. The lowest BCUT2D eigenvalue weighted by Gasteiger charge is -2.24. The van der Waals surface area contributed by atoms with Crippen molar-refractivity contribution in [2.75, 3.05) is 7.11 Å². The molecule has 0 saturated carbocycles. The first-order valence-electron chi connectivity index (χ1n) is 10.5. The Hall–Kier alpha value is -3.59. The van der Waals surface area contributed by atoms with Crippen molar-refractivity contribution >= 4 is 16.7 Å². The van der Waals surface area contributed by atoms with Crippen molar-refractivity contribution in [2.45, 2.75) is 26.9 Å². The third-order valence-electron chi connectivity index (χ3n) is 5.81. The van der Waals surface area contributed by atoms with Crippen LogP contribution in [0.5, 0.6) is 5.75 Å². The molecule has 0 bridgehead atoms. The van der Waals surface area contributed by atoms with Crippen molar-refractivity contribution in [2.24, 2.45) is 0 Å². The lowest BCUT2D eigenvalue weighted by atomic mass is 10.0. The molecule has 1 amide bonds. The Morgan fingerprint density at radius 2 is 1.55 bits per heavy atom. The fraction of sp³-hybridized carbons (Fsp3) is 0.179. The lowest BCUT2D eigenvalue weighted by Crippen LogP contribution is -2.30. The highest BCUT2D eigenvalue weighted by molar-refractivity contribution is 5.95. The topological polar surface area (TPSA) is 29.5 Å². The number of hydrogen-bond acceptors (Lipinski definition) is 2. The van der Waals surface area contributed by atoms with Gasteiger partial charge in [0.2, 0.25) is 0 Å². The van der Waals surface area contributed by atoms with Gasteiger partial charge < -0.3 is 9.64 Å². The Balaban J connectivity index is 1.70. The molecule has 0 aromatic heterocycles. The summed E-state index contributed by atoms with van der Waals surface area (Å²) in [7, 11) is 1.66. The highest BCUT2D eigenvalue weighted by atomic mass is 16.5. The normalized spacial score (nSPS) is 10.8. The van der Waals surface area contributed by atoms with E-state index in [9.17, 15) is 4.79 Å². The van der Waals surface area contributed by atoms with Gasteiger partial charge in [-0.05, 0) is 71.1 Å². The fourth-order valence-corrected chi connectivity index (χ4v) is 3.84. The molecule has 0 aliphatic rings. The van der Waals surface area contributed by atoms with Gasteiger partial charge >= 0.3 is 0 Å². The van der Waals surface area contributed by atoms with Gasteiger partial charge in [0.05, 0.1) is 7.11 Å². The number of carbonyl (C=O) groups is 1. The third kappa shape index (κ3) is 4.61. The fourth-order valence-electron chi connectivity index (χ4n) is 3.84. The zero-order chi connectivity index (χ0) is 21.8. The Morgan fingerprint density at radius 1 is 0.806 bits per heavy atom. The van der Waals surface area contributed by atoms with Gasteiger partial charge in [0, 0.05) is 18.7 Å². The SMILES string of the molecule is COc1ccc(CN(Cc2cccc3ccccc23)C(=O)c2ccc(C)c(C)c2)cc1. The first kappa shape index (κ1) is 20.7. The minimum atomic E-state index is 0.0341. The minimum absolute atomic E-state index is 0.0341. The Kier molecular flexibility index (Phi) is 6.03. The molecule has 0 fully saturated rings. The molecular formula is C28H27NO2. The van der Waals surface area contributed by atoms with Crippen LogP contribution in [0, 0.1) is 13.8 Å². The van der Waals surface area contributed by atoms with Gasteiger partial charge in [0.25, 0.3) is 5.91 Å². The van der Waals surface area contributed by atoms with E-state index in [4.69, 9.17) is 4.74 Å². The van der Waals surface area contributed by atoms with Crippen LogP contribution in [-0.2, 0) is 13.1 Å². The lowest BCUT2D eigenvalue weighted by molar-refractivity contribution is 0.0730. The van der Waals surface area contributed by atoms with Gasteiger partial charge in [-0.1, -0.05) is 60.7 Å². The van der Waals surface area contributed by atoms with Crippen molar-refractivity contribution in [3.05, 3.63) is 113 Å². The first-order chi connectivity index (χ1) is 15.0. The maximum atomic E-state index is 13.6. The molecule has 0 heterocycles. The van der Waals surface area contributed by atoms with Gasteiger partial charge in [-0.15, -0.1) is 0 Å². The molecule has 0 aliphatic heterocycles. The van der Waals surface area contributed by atoms with E-state index in [1.54, 1.807) is 7.11 Å². The summed E-state index contributed by atoms with van der Waals surface area (Å²) in [6.07, 6.45) is 0. The number of carbonyl (C=O) groups excluding carboxylic acids is 1. The number of benzene rings is 4. The van der Waals surface area contributed by atoms with Gasteiger partial charge in [0.15, 0.2) is 0 Å². The van der Waals surface area contributed by atoms with Crippen molar-refractivity contribution < 1.29 is 9.53 Å². The van der Waals surface area contributed by atoms with Crippen LogP contribution >= 0.6 is 0 Å². The van der Waals surface area contributed by atoms with E-state index in [1.807, 2.05) is 66.4 Å². The molecule has 0 aliphatic carbocycles.